The van der Waals surface area contributed by atoms with Crippen molar-refractivity contribution in [3.63, 3.8) is 0 Å². The molecule has 1 saturated heterocycles. The highest BCUT2D eigenvalue weighted by atomic mass is 16.5. The standard InChI is InChI=1S/C18H24N4O2/c1-13-17(14(2)21(3)20-13)18(23)19-12-15-6-4-5-7-16(15)22-8-10-24-11-9-22/h4-7H,8-12H2,1-3H3,(H,19,23). The average Bonchev–Trinajstić information content (AvgIpc) is 2.86. The van der Waals surface area contributed by atoms with Crippen molar-refractivity contribution >= 4 is 11.6 Å². The lowest BCUT2D eigenvalue weighted by Gasteiger charge is -2.30. The lowest BCUT2D eigenvalue weighted by atomic mass is 10.1. The Bertz CT molecular complexity index is 733. The number of rotatable bonds is 4. The van der Waals surface area contributed by atoms with Crippen molar-refractivity contribution in [2.24, 2.45) is 7.05 Å². The molecule has 0 bridgehead atoms. The molecule has 1 amide bonds. The molecule has 1 aliphatic rings. The summed E-state index contributed by atoms with van der Waals surface area (Å²) in [6, 6.07) is 8.21. The van der Waals surface area contributed by atoms with E-state index >= 15 is 0 Å². The Morgan fingerprint density at radius 1 is 1.25 bits per heavy atom. The number of aromatic nitrogens is 2. The van der Waals surface area contributed by atoms with Crippen LogP contribution in [-0.4, -0.2) is 42.0 Å². The molecule has 6 heteroatoms. The van der Waals surface area contributed by atoms with Crippen LogP contribution < -0.4 is 10.2 Å². The predicted molar refractivity (Wildman–Crippen MR) is 93.3 cm³/mol. The number of carbonyl (C=O) groups is 1. The molecule has 2 aromatic rings. The first-order chi connectivity index (χ1) is 11.6. The fourth-order valence-corrected chi connectivity index (χ4v) is 3.14. The molecular formula is C18H24N4O2. The van der Waals surface area contributed by atoms with E-state index in [0.29, 0.717) is 12.1 Å². The minimum Gasteiger partial charge on any atom is -0.378 e. The van der Waals surface area contributed by atoms with Gasteiger partial charge in [0.15, 0.2) is 0 Å². The maximum atomic E-state index is 12.6. The van der Waals surface area contributed by atoms with Gasteiger partial charge < -0.3 is 15.0 Å². The smallest absolute Gasteiger partial charge is 0.255 e. The number of hydrogen-bond acceptors (Lipinski definition) is 4. The highest BCUT2D eigenvalue weighted by Gasteiger charge is 2.18. The normalized spacial score (nSPS) is 14.7. The van der Waals surface area contributed by atoms with E-state index in [-0.39, 0.29) is 5.91 Å². The average molecular weight is 328 g/mol. The molecule has 0 aliphatic carbocycles. The van der Waals surface area contributed by atoms with Gasteiger partial charge in [0.05, 0.1) is 24.5 Å². The van der Waals surface area contributed by atoms with Gasteiger partial charge in [-0.2, -0.15) is 5.10 Å². The van der Waals surface area contributed by atoms with Crippen molar-refractivity contribution in [1.82, 2.24) is 15.1 Å². The summed E-state index contributed by atoms with van der Waals surface area (Å²) in [4.78, 5) is 14.9. The lowest BCUT2D eigenvalue weighted by Crippen LogP contribution is -2.37. The number of anilines is 1. The summed E-state index contributed by atoms with van der Waals surface area (Å²) in [5.41, 5.74) is 4.59. The van der Waals surface area contributed by atoms with Crippen molar-refractivity contribution in [3.8, 4) is 0 Å². The number of hydrogen-bond donors (Lipinski definition) is 1. The molecule has 3 rings (SSSR count). The maximum absolute atomic E-state index is 12.6. The van der Waals surface area contributed by atoms with Gasteiger partial charge in [0, 0.05) is 38.1 Å². The van der Waals surface area contributed by atoms with E-state index in [9.17, 15) is 4.79 Å². The zero-order valence-electron chi connectivity index (χ0n) is 14.5. The minimum atomic E-state index is -0.0742. The van der Waals surface area contributed by atoms with Crippen LogP contribution in [-0.2, 0) is 18.3 Å². The van der Waals surface area contributed by atoms with Gasteiger partial charge in [0.2, 0.25) is 0 Å². The number of ether oxygens (including phenoxy) is 1. The Kier molecular flexibility index (Phi) is 4.85. The van der Waals surface area contributed by atoms with Crippen LogP contribution in [0.4, 0.5) is 5.69 Å². The summed E-state index contributed by atoms with van der Waals surface area (Å²) in [5, 5.41) is 7.35. The van der Waals surface area contributed by atoms with E-state index in [0.717, 1.165) is 43.3 Å². The van der Waals surface area contributed by atoms with Crippen molar-refractivity contribution in [1.29, 1.82) is 0 Å². The number of carbonyl (C=O) groups excluding carboxylic acids is 1. The SMILES string of the molecule is Cc1nn(C)c(C)c1C(=O)NCc1ccccc1N1CCOCC1. The van der Waals surface area contributed by atoms with E-state index in [1.165, 1.54) is 5.69 Å². The highest BCUT2D eigenvalue weighted by molar-refractivity contribution is 5.96. The molecule has 1 fully saturated rings. The third-order valence-electron chi connectivity index (χ3n) is 4.52. The predicted octanol–water partition coefficient (Wildman–Crippen LogP) is 1.80. The number of morpholine rings is 1. The van der Waals surface area contributed by atoms with Crippen LogP contribution >= 0.6 is 0 Å². The van der Waals surface area contributed by atoms with Crippen LogP contribution in [0, 0.1) is 13.8 Å². The molecule has 0 saturated carbocycles. The molecule has 0 radical (unpaired) electrons. The van der Waals surface area contributed by atoms with Gasteiger partial charge in [-0.25, -0.2) is 0 Å². The quantitative estimate of drug-likeness (QED) is 0.930. The molecule has 128 valence electrons. The van der Waals surface area contributed by atoms with Gasteiger partial charge in [-0.05, 0) is 25.5 Å². The third-order valence-corrected chi connectivity index (χ3v) is 4.52. The molecular weight excluding hydrogens is 304 g/mol. The first-order valence-electron chi connectivity index (χ1n) is 8.27. The lowest BCUT2D eigenvalue weighted by molar-refractivity contribution is 0.0949. The summed E-state index contributed by atoms with van der Waals surface area (Å²) in [6.45, 7) is 7.53. The number of benzene rings is 1. The van der Waals surface area contributed by atoms with E-state index in [2.05, 4.69) is 27.4 Å². The Balaban J connectivity index is 1.74. The second-order valence-electron chi connectivity index (χ2n) is 6.08. The molecule has 1 aromatic heterocycles. The molecule has 1 aliphatic heterocycles. The molecule has 24 heavy (non-hydrogen) atoms. The summed E-state index contributed by atoms with van der Waals surface area (Å²) < 4.78 is 7.17. The first-order valence-corrected chi connectivity index (χ1v) is 8.27. The Labute approximate surface area is 142 Å². The second-order valence-corrected chi connectivity index (χ2v) is 6.08. The van der Waals surface area contributed by atoms with Gasteiger partial charge in [-0.1, -0.05) is 18.2 Å². The molecule has 6 nitrogen and oxygen atoms in total. The molecule has 0 spiro atoms. The van der Waals surface area contributed by atoms with E-state index in [1.807, 2.05) is 33.0 Å². The van der Waals surface area contributed by atoms with Crippen molar-refractivity contribution in [2.75, 3.05) is 31.2 Å². The minimum absolute atomic E-state index is 0.0742. The molecule has 0 unspecified atom stereocenters. The van der Waals surface area contributed by atoms with Gasteiger partial charge in [0.25, 0.3) is 5.91 Å². The molecule has 0 atom stereocenters. The summed E-state index contributed by atoms with van der Waals surface area (Å²) in [6.07, 6.45) is 0. The van der Waals surface area contributed by atoms with Crippen LogP contribution in [0.5, 0.6) is 0 Å². The Hall–Kier alpha value is -2.34. The number of amides is 1. The van der Waals surface area contributed by atoms with Crippen molar-refractivity contribution in [2.45, 2.75) is 20.4 Å². The van der Waals surface area contributed by atoms with Crippen molar-refractivity contribution in [3.05, 3.63) is 46.8 Å². The summed E-state index contributed by atoms with van der Waals surface area (Å²) >= 11 is 0. The summed E-state index contributed by atoms with van der Waals surface area (Å²) in [5.74, 6) is -0.0742. The zero-order valence-corrected chi connectivity index (χ0v) is 14.5. The van der Waals surface area contributed by atoms with E-state index < -0.39 is 0 Å². The number of nitrogens with zero attached hydrogens (tertiary/aromatic N) is 3. The van der Waals surface area contributed by atoms with Crippen LogP contribution in [0.15, 0.2) is 24.3 Å². The first kappa shape index (κ1) is 16.5. The van der Waals surface area contributed by atoms with Gasteiger partial charge in [-0.15, -0.1) is 0 Å². The molecule has 2 heterocycles. The zero-order chi connectivity index (χ0) is 17.1. The largest absolute Gasteiger partial charge is 0.378 e. The third kappa shape index (κ3) is 3.28. The number of nitrogens with one attached hydrogen (secondary N) is 1. The number of aryl methyl sites for hydroxylation is 2. The Morgan fingerprint density at radius 2 is 1.96 bits per heavy atom. The fraction of sp³-hybridized carbons (Fsp3) is 0.444. The monoisotopic (exact) mass is 328 g/mol. The van der Waals surface area contributed by atoms with Gasteiger partial charge >= 0.3 is 0 Å². The topological polar surface area (TPSA) is 59.4 Å². The van der Waals surface area contributed by atoms with Crippen LogP contribution in [0.1, 0.15) is 27.3 Å². The van der Waals surface area contributed by atoms with E-state index in [4.69, 9.17) is 4.74 Å². The van der Waals surface area contributed by atoms with E-state index in [1.54, 1.807) is 4.68 Å². The summed E-state index contributed by atoms with van der Waals surface area (Å²) in [7, 11) is 1.85. The van der Waals surface area contributed by atoms with Crippen LogP contribution in [0.3, 0.4) is 0 Å². The highest BCUT2D eigenvalue weighted by Crippen LogP contribution is 2.21. The molecule has 1 aromatic carbocycles. The Morgan fingerprint density at radius 3 is 2.62 bits per heavy atom. The fourth-order valence-electron chi connectivity index (χ4n) is 3.14. The van der Waals surface area contributed by atoms with Crippen molar-refractivity contribution < 1.29 is 9.53 Å². The molecule has 1 N–H and O–H groups in total. The maximum Gasteiger partial charge on any atom is 0.255 e. The number of para-hydroxylation sites is 1. The second kappa shape index (κ2) is 7.05. The van der Waals surface area contributed by atoms with Gasteiger partial charge in [0.1, 0.15) is 0 Å². The van der Waals surface area contributed by atoms with Crippen LogP contribution in [0.2, 0.25) is 0 Å². The van der Waals surface area contributed by atoms with Crippen LogP contribution in [0.25, 0.3) is 0 Å². The van der Waals surface area contributed by atoms with Gasteiger partial charge in [-0.3, -0.25) is 9.48 Å².